The molecule has 1 fully saturated rings. The van der Waals surface area contributed by atoms with Gasteiger partial charge in [-0.25, -0.2) is 0 Å². The molecule has 1 saturated heterocycles. The van der Waals surface area contributed by atoms with E-state index in [-0.39, 0.29) is 5.91 Å². The lowest BCUT2D eigenvalue weighted by atomic mass is 10.1. The number of hydrogen-bond acceptors (Lipinski definition) is 4. The smallest absolute Gasteiger partial charge is 0.221 e. The average molecular weight is 494 g/mol. The minimum atomic E-state index is -0.107. The number of carbonyl (C=O) groups is 1. The number of anilines is 4. The summed E-state index contributed by atoms with van der Waals surface area (Å²) in [5.41, 5.74) is 4.62. The maximum absolute atomic E-state index is 11.2. The molecule has 0 aliphatic carbocycles. The number of nitrogens with zero attached hydrogens (tertiary/aromatic N) is 1. The van der Waals surface area contributed by atoms with Crippen molar-refractivity contribution in [3.8, 4) is 0 Å². The number of nitrogens with one attached hydrogen (secondary N) is 4. The third kappa shape index (κ3) is 6.47. The van der Waals surface area contributed by atoms with Crippen LogP contribution in [0.2, 0.25) is 5.02 Å². The number of hydrogen-bond donors (Lipinski definition) is 4. The van der Waals surface area contributed by atoms with Gasteiger partial charge in [0, 0.05) is 43.1 Å². The summed E-state index contributed by atoms with van der Waals surface area (Å²) in [5, 5.41) is 13.7. The molecule has 3 aromatic rings. The van der Waals surface area contributed by atoms with Crippen LogP contribution in [0.15, 0.2) is 72.8 Å². The van der Waals surface area contributed by atoms with E-state index in [0.29, 0.717) is 16.2 Å². The van der Waals surface area contributed by atoms with Crippen molar-refractivity contribution in [2.24, 2.45) is 0 Å². The van der Waals surface area contributed by atoms with Gasteiger partial charge in [0.25, 0.3) is 0 Å². The van der Waals surface area contributed by atoms with Crippen molar-refractivity contribution in [2.75, 3.05) is 33.9 Å². The van der Waals surface area contributed by atoms with Crippen LogP contribution in [0.1, 0.15) is 18.9 Å². The molecule has 1 amide bonds. The van der Waals surface area contributed by atoms with Crippen LogP contribution in [0, 0.1) is 0 Å². The van der Waals surface area contributed by atoms with E-state index in [2.05, 4.69) is 56.5 Å². The van der Waals surface area contributed by atoms with Crippen LogP contribution < -0.4 is 26.2 Å². The highest BCUT2D eigenvalue weighted by molar-refractivity contribution is 7.80. The first-order valence-corrected chi connectivity index (χ1v) is 12.0. The second kappa shape index (κ2) is 11.3. The molecular formula is C26H28ClN5OS. The molecule has 0 saturated carbocycles. The Kier molecular flexibility index (Phi) is 8.00. The first-order chi connectivity index (χ1) is 16.5. The van der Waals surface area contributed by atoms with Crippen LogP contribution in [0.5, 0.6) is 0 Å². The predicted octanol–water partition coefficient (Wildman–Crippen LogP) is 5.48. The van der Waals surface area contributed by atoms with Gasteiger partial charge >= 0.3 is 0 Å². The molecule has 8 heteroatoms. The topological polar surface area (TPSA) is 68.4 Å². The molecule has 1 aliphatic heterocycles. The zero-order chi connectivity index (χ0) is 23.9. The molecule has 34 heavy (non-hydrogen) atoms. The second-order valence-electron chi connectivity index (χ2n) is 8.26. The maximum atomic E-state index is 11.2. The van der Waals surface area contributed by atoms with Gasteiger partial charge in [0.15, 0.2) is 5.11 Å². The Morgan fingerprint density at radius 1 is 1.00 bits per heavy atom. The second-order valence-corrected chi connectivity index (χ2v) is 9.08. The maximum Gasteiger partial charge on any atom is 0.221 e. The fourth-order valence-corrected chi connectivity index (χ4v) is 4.57. The van der Waals surface area contributed by atoms with E-state index in [4.69, 9.17) is 23.8 Å². The SMILES string of the molecule is CC(=O)Nc1ccc(NC(=S)Nc2ccc(N(Cc3ccccc3)C3CCNC3)c(Cl)c2)cc1. The lowest BCUT2D eigenvalue weighted by molar-refractivity contribution is -0.114. The minimum Gasteiger partial charge on any atom is -0.362 e. The number of thiocarbonyl (C=S) groups is 1. The van der Waals surface area contributed by atoms with Crippen LogP contribution in [0.25, 0.3) is 0 Å². The third-order valence-electron chi connectivity index (χ3n) is 5.65. The third-order valence-corrected chi connectivity index (χ3v) is 6.16. The summed E-state index contributed by atoms with van der Waals surface area (Å²) in [6.07, 6.45) is 1.08. The first kappa shape index (κ1) is 24.0. The van der Waals surface area contributed by atoms with Crippen LogP contribution in [-0.4, -0.2) is 30.2 Å². The Morgan fingerprint density at radius 3 is 2.26 bits per heavy atom. The Bertz CT molecular complexity index is 1130. The Hall–Kier alpha value is -3.13. The number of rotatable bonds is 7. The zero-order valence-corrected chi connectivity index (χ0v) is 20.5. The molecule has 0 spiro atoms. The lowest BCUT2D eigenvalue weighted by Gasteiger charge is -2.32. The molecule has 6 nitrogen and oxygen atoms in total. The number of halogens is 1. The highest BCUT2D eigenvalue weighted by Gasteiger charge is 2.24. The van der Waals surface area contributed by atoms with Gasteiger partial charge in [0.1, 0.15) is 0 Å². The molecule has 1 atom stereocenters. The summed E-state index contributed by atoms with van der Waals surface area (Å²) in [5.74, 6) is -0.107. The van der Waals surface area contributed by atoms with E-state index in [9.17, 15) is 4.79 Å². The fraction of sp³-hybridized carbons (Fsp3) is 0.231. The summed E-state index contributed by atoms with van der Waals surface area (Å²) in [4.78, 5) is 13.5. The monoisotopic (exact) mass is 493 g/mol. The van der Waals surface area contributed by atoms with Crippen LogP contribution in [-0.2, 0) is 11.3 Å². The Balaban J connectivity index is 1.43. The van der Waals surface area contributed by atoms with E-state index in [1.165, 1.54) is 12.5 Å². The molecule has 0 aromatic heterocycles. The van der Waals surface area contributed by atoms with Crippen molar-refractivity contribution in [2.45, 2.75) is 25.9 Å². The molecule has 3 aromatic carbocycles. The van der Waals surface area contributed by atoms with Crippen molar-refractivity contribution < 1.29 is 4.79 Å². The molecule has 176 valence electrons. The molecule has 1 heterocycles. The summed E-state index contributed by atoms with van der Waals surface area (Å²) in [6, 6.07) is 24.1. The van der Waals surface area contributed by atoms with Gasteiger partial charge in [0.2, 0.25) is 5.91 Å². The molecule has 4 N–H and O–H groups in total. The van der Waals surface area contributed by atoms with Crippen molar-refractivity contribution in [1.82, 2.24) is 5.32 Å². The zero-order valence-electron chi connectivity index (χ0n) is 19.0. The van der Waals surface area contributed by atoms with Gasteiger partial charge in [-0.05, 0) is 73.2 Å². The highest BCUT2D eigenvalue weighted by Crippen LogP contribution is 2.32. The summed E-state index contributed by atoms with van der Waals surface area (Å²) >= 11 is 12.2. The molecule has 0 bridgehead atoms. The van der Waals surface area contributed by atoms with Crippen LogP contribution >= 0.6 is 23.8 Å². The van der Waals surface area contributed by atoms with Crippen LogP contribution in [0.3, 0.4) is 0 Å². The number of carbonyl (C=O) groups excluding carboxylic acids is 1. The van der Waals surface area contributed by atoms with E-state index in [1.807, 2.05) is 42.5 Å². The summed E-state index contributed by atoms with van der Waals surface area (Å²) < 4.78 is 0. The number of amides is 1. The minimum absolute atomic E-state index is 0.107. The quantitative estimate of drug-likeness (QED) is 0.327. The molecule has 4 rings (SSSR count). The lowest BCUT2D eigenvalue weighted by Crippen LogP contribution is -2.36. The van der Waals surface area contributed by atoms with E-state index >= 15 is 0 Å². The van der Waals surface area contributed by atoms with E-state index in [1.54, 1.807) is 0 Å². The predicted molar refractivity (Wildman–Crippen MR) is 146 cm³/mol. The Morgan fingerprint density at radius 2 is 1.65 bits per heavy atom. The highest BCUT2D eigenvalue weighted by atomic mass is 35.5. The molecule has 1 unspecified atom stereocenters. The van der Waals surface area contributed by atoms with Gasteiger partial charge in [0.05, 0.1) is 10.7 Å². The first-order valence-electron chi connectivity index (χ1n) is 11.2. The average Bonchev–Trinajstić information content (AvgIpc) is 3.34. The van der Waals surface area contributed by atoms with Crippen LogP contribution in [0.4, 0.5) is 22.7 Å². The number of benzene rings is 3. The van der Waals surface area contributed by atoms with Gasteiger partial charge < -0.3 is 26.2 Å². The van der Waals surface area contributed by atoms with Crippen molar-refractivity contribution in [3.63, 3.8) is 0 Å². The van der Waals surface area contributed by atoms with Gasteiger partial charge in [-0.3, -0.25) is 4.79 Å². The van der Waals surface area contributed by atoms with Gasteiger partial charge in [-0.1, -0.05) is 41.9 Å². The Labute approximate surface area is 210 Å². The van der Waals surface area contributed by atoms with Crippen molar-refractivity contribution in [3.05, 3.63) is 83.4 Å². The van der Waals surface area contributed by atoms with E-state index in [0.717, 1.165) is 48.8 Å². The van der Waals surface area contributed by atoms with Gasteiger partial charge in [-0.15, -0.1) is 0 Å². The normalized spacial score (nSPS) is 14.9. The standard InChI is InChI=1S/C26H28ClN5OS/c1-18(33)29-20-7-9-21(10-8-20)30-26(34)31-22-11-12-25(24(27)15-22)32(23-13-14-28-16-23)17-19-5-3-2-4-6-19/h2-12,15,23,28H,13-14,16-17H2,1H3,(H,29,33)(H2,30,31,34). The summed E-state index contributed by atoms with van der Waals surface area (Å²) in [7, 11) is 0. The van der Waals surface area contributed by atoms with Gasteiger partial charge in [-0.2, -0.15) is 0 Å². The molecule has 0 radical (unpaired) electrons. The fourth-order valence-electron chi connectivity index (χ4n) is 4.05. The summed E-state index contributed by atoms with van der Waals surface area (Å²) in [6.45, 7) is 4.23. The largest absolute Gasteiger partial charge is 0.362 e. The molecule has 1 aliphatic rings. The van der Waals surface area contributed by atoms with Crippen molar-refractivity contribution >= 4 is 57.6 Å². The van der Waals surface area contributed by atoms with E-state index < -0.39 is 0 Å². The molecular weight excluding hydrogens is 466 g/mol. The van der Waals surface area contributed by atoms with Crippen molar-refractivity contribution in [1.29, 1.82) is 0 Å².